The summed E-state index contributed by atoms with van der Waals surface area (Å²) in [6.07, 6.45) is 0. The van der Waals surface area contributed by atoms with Crippen LogP contribution >= 0.6 is 15.9 Å². The standard InChI is InChI=1S/C17H20BrN/c1-11-8-9-12(2)15(10-11)14(4)19-16-7-5-6-13(3)17(16)18/h5-10,14,19H,1-4H3. The molecular formula is C17H20BrN. The van der Waals surface area contributed by atoms with E-state index in [9.17, 15) is 0 Å². The number of hydrogen-bond acceptors (Lipinski definition) is 1. The molecule has 1 unspecified atom stereocenters. The van der Waals surface area contributed by atoms with Gasteiger partial charge in [0.05, 0.1) is 0 Å². The first-order chi connectivity index (χ1) is 8.99. The Morgan fingerprint density at radius 2 is 1.74 bits per heavy atom. The third-order valence-corrected chi connectivity index (χ3v) is 4.52. The van der Waals surface area contributed by atoms with E-state index < -0.39 is 0 Å². The highest BCUT2D eigenvalue weighted by Gasteiger charge is 2.10. The van der Waals surface area contributed by atoms with Crippen molar-refractivity contribution in [3.63, 3.8) is 0 Å². The molecule has 2 aromatic carbocycles. The monoisotopic (exact) mass is 317 g/mol. The van der Waals surface area contributed by atoms with Gasteiger partial charge in [-0.1, -0.05) is 35.9 Å². The van der Waals surface area contributed by atoms with E-state index in [-0.39, 0.29) is 6.04 Å². The maximum atomic E-state index is 3.65. The first-order valence-corrected chi connectivity index (χ1v) is 7.37. The van der Waals surface area contributed by atoms with Crippen molar-refractivity contribution in [2.75, 3.05) is 5.32 Å². The van der Waals surface area contributed by atoms with Gasteiger partial charge in [-0.25, -0.2) is 0 Å². The summed E-state index contributed by atoms with van der Waals surface area (Å²) in [4.78, 5) is 0. The molecule has 0 aliphatic rings. The molecule has 19 heavy (non-hydrogen) atoms. The average molecular weight is 318 g/mol. The van der Waals surface area contributed by atoms with Crippen LogP contribution in [0.3, 0.4) is 0 Å². The van der Waals surface area contributed by atoms with Gasteiger partial charge < -0.3 is 5.32 Å². The van der Waals surface area contributed by atoms with Gasteiger partial charge in [0.1, 0.15) is 0 Å². The van der Waals surface area contributed by atoms with Crippen molar-refractivity contribution in [3.8, 4) is 0 Å². The Morgan fingerprint density at radius 3 is 2.47 bits per heavy atom. The molecule has 1 N–H and O–H groups in total. The topological polar surface area (TPSA) is 12.0 Å². The second-order valence-corrected chi connectivity index (χ2v) is 5.96. The van der Waals surface area contributed by atoms with Gasteiger partial charge in [0.15, 0.2) is 0 Å². The van der Waals surface area contributed by atoms with Gasteiger partial charge in [0, 0.05) is 16.2 Å². The predicted molar refractivity (Wildman–Crippen MR) is 86.8 cm³/mol. The van der Waals surface area contributed by atoms with Crippen LogP contribution in [0.4, 0.5) is 5.69 Å². The van der Waals surface area contributed by atoms with E-state index in [2.05, 4.69) is 85.3 Å². The Balaban J connectivity index is 2.28. The molecule has 1 atom stereocenters. The van der Waals surface area contributed by atoms with Gasteiger partial charge in [-0.2, -0.15) is 0 Å². The molecule has 2 aromatic rings. The summed E-state index contributed by atoms with van der Waals surface area (Å²) in [7, 11) is 0. The Morgan fingerprint density at radius 1 is 1.00 bits per heavy atom. The van der Waals surface area contributed by atoms with Crippen LogP contribution in [0.1, 0.15) is 35.2 Å². The van der Waals surface area contributed by atoms with Crippen molar-refractivity contribution >= 4 is 21.6 Å². The average Bonchev–Trinajstić information content (AvgIpc) is 2.38. The molecular weight excluding hydrogens is 298 g/mol. The zero-order valence-corrected chi connectivity index (χ0v) is 13.5. The molecule has 1 nitrogen and oxygen atoms in total. The molecule has 0 aliphatic heterocycles. The van der Waals surface area contributed by atoms with Crippen molar-refractivity contribution in [1.82, 2.24) is 0 Å². The number of nitrogens with one attached hydrogen (secondary N) is 1. The first kappa shape index (κ1) is 14.1. The Hall–Kier alpha value is -1.28. The van der Waals surface area contributed by atoms with Crippen LogP contribution < -0.4 is 5.32 Å². The molecule has 0 saturated heterocycles. The van der Waals surface area contributed by atoms with E-state index >= 15 is 0 Å². The second kappa shape index (κ2) is 5.79. The van der Waals surface area contributed by atoms with Crippen LogP contribution in [0, 0.1) is 20.8 Å². The number of aryl methyl sites for hydroxylation is 3. The highest BCUT2D eigenvalue weighted by molar-refractivity contribution is 9.10. The summed E-state index contributed by atoms with van der Waals surface area (Å²) in [5, 5.41) is 3.59. The van der Waals surface area contributed by atoms with Gasteiger partial charge in [0.2, 0.25) is 0 Å². The quantitative estimate of drug-likeness (QED) is 0.782. The smallest absolute Gasteiger partial charge is 0.0492 e. The molecule has 0 radical (unpaired) electrons. The maximum Gasteiger partial charge on any atom is 0.0492 e. The first-order valence-electron chi connectivity index (χ1n) is 6.58. The lowest BCUT2D eigenvalue weighted by molar-refractivity contribution is 0.870. The fourth-order valence-corrected chi connectivity index (χ4v) is 2.68. The van der Waals surface area contributed by atoms with Gasteiger partial charge in [-0.15, -0.1) is 0 Å². The SMILES string of the molecule is Cc1ccc(C)c(C(C)Nc2cccc(C)c2Br)c1. The minimum Gasteiger partial charge on any atom is -0.378 e. The molecule has 2 heteroatoms. The van der Waals surface area contributed by atoms with E-state index in [1.807, 2.05) is 0 Å². The predicted octanol–water partition coefficient (Wildman–Crippen LogP) is 5.55. The fourth-order valence-electron chi connectivity index (χ4n) is 2.30. The third-order valence-electron chi connectivity index (χ3n) is 3.47. The fraction of sp³-hybridized carbons (Fsp3) is 0.294. The van der Waals surface area contributed by atoms with Crippen molar-refractivity contribution in [2.45, 2.75) is 33.7 Å². The highest BCUT2D eigenvalue weighted by Crippen LogP contribution is 2.30. The van der Waals surface area contributed by atoms with E-state index in [1.165, 1.54) is 22.3 Å². The van der Waals surface area contributed by atoms with Crippen molar-refractivity contribution in [3.05, 3.63) is 63.1 Å². The summed E-state index contributed by atoms with van der Waals surface area (Å²) in [5.74, 6) is 0. The van der Waals surface area contributed by atoms with Gasteiger partial charge in [0.25, 0.3) is 0 Å². The number of hydrogen-bond donors (Lipinski definition) is 1. The molecule has 0 amide bonds. The molecule has 0 aromatic heterocycles. The van der Waals surface area contributed by atoms with E-state index in [1.54, 1.807) is 0 Å². The summed E-state index contributed by atoms with van der Waals surface area (Å²) < 4.78 is 1.15. The Bertz CT molecular complexity index is 590. The van der Waals surface area contributed by atoms with Crippen LogP contribution in [0.2, 0.25) is 0 Å². The lowest BCUT2D eigenvalue weighted by Gasteiger charge is -2.20. The van der Waals surface area contributed by atoms with Gasteiger partial charge >= 0.3 is 0 Å². The Kier molecular flexibility index (Phi) is 4.31. The van der Waals surface area contributed by atoms with Crippen LogP contribution in [-0.2, 0) is 0 Å². The maximum absolute atomic E-state index is 3.65. The Labute approximate surface area is 124 Å². The van der Waals surface area contributed by atoms with Crippen molar-refractivity contribution in [2.24, 2.45) is 0 Å². The number of rotatable bonds is 3. The molecule has 0 fully saturated rings. The second-order valence-electron chi connectivity index (χ2n) is 5.16. The van der Waals surface area contributed by atoms with Crippen LogP contribution in [0.25, 0.3) is 0 Å². The lowest BCUT2D eigenvalue weighted by Crippen LogP contribution is -2.09. The summed E-state index contributed by atoms with van der Waals surface area (Å²) in [6.45, 7) is 8.62. The van der Waals surface area contributed by atoms with Gasteiger partial charge in [-0.3, -0.25) is 0 Å². The highest BCUT2D eigenvalue weighted by atomic mass is 79.9. The van der Waals surface area contributed by atoms with Crippen molar-refractivity contribution in [1.29, 1.82) is 0 Å². The molecule has 2 rings (SSSR count). The van der Waals surface area contributed by atoms with E-state index in [0.29, 0.717) is 0 Å². The summed E-state index contributed by atoms with van der Waals surface area (Å²) in [6, 6.07) is 13.2. The zero-order chi connectivity index (χ0) is 14.0. The summed E-state index contributed by atoms with van der Waals surface area (Å²) in [5.41, 5.74) is 6.38. The molecule has 0 heterocycles. The minimum absolute atomic E-state index is 0.290. The number of benzene rings is 2. The third kappa shape index (κ3) is 3.19. The van der Waals surface area contributed by atoms with E-state index in [0.717, 1.165) is 10.2 Å². The van der Waals surface area contributed by atoms with Gasteiger partial charge in [-0.05, 0) is 66.4 Å². The molecule has 0 saturated carbocycles. The molecule has 0 spiro atoms. The largest absolute Gasteiger partial charge is 0.378 e. The number of halogens is 1. The van der Waals surface area contributed by atoms with E-state index in [4.69, 9.17) is 0 Å². The number of anilines is 1. The van der Waals surface area contributed by atoms with Crippen molar-refractivity contribution < 1.29 is 0 Å². The lowest BCUT2D eigenvalue weighted by atomic mass is 10.00. The van der Waals surface area contributed by atoms with Crippen LogP contribution in [0.5, 0.6) is 0 Å². The van der Waals surface area contributed by atoms with Crippen LogP contribution in [-0.4, -0.2) is 0 Å². The normalized spacial score (nSPS) is 12.3. The molecule has 0 bridgehead atoms. The molecule has 0 aliphatic carbocycles. The molecule has 100 valence electrons. The minimum atomic E-state index is 0.290. The summed E-state index contributed by atoms with van der Waals surface area (Å²) >= 11 is 3.65. The zero-order valence-electron chi connectivity index (χ0n) is 11.9. The van der Waals surface area contributed by atoms with Crippen LogP contribution in [0.15, 0.2) is 40.9 Å².